The van der Waals surface area contributed by atoms with Crippen molar-refractivity contribution in [3.63, 3.8) is 0 Å². The topological polar surface area (TPSA) is 37.4 Å². The molecule has 7 heteroatoms. The first-order valence-electron chi connectivity index (χ1n) is 5.97. The maximum Gasteiger partial charge on any atom is 0.246 e. The van der Waals surface area contributed by atoms with Gasteiger partial charge in [0.2, 0.25) is 10.0 Å². The molecule has 0 aliphatic heterocycles. The second-order valence-electron chi connectivity index (χ2n) is 4.44. The Balaban J connectivity index is 2.33. The molecule has 2 aromatic carbocycles. The van der Waals surface area contributed by atoms with Crippen LogP contribution in [0, 0.1) is 0 Å². The van der Waals surface area contributed by atoms with Crippen LogP contribution in [-0.2, 0) is 16.6 Å². The molecule has 21 heavy (non-hydrogen) atoms. The highest BCUT2D eigenvalue weighted by Crippen LogP contribution is 2.31. The average molecular weight is 365 g/mol. The first-order valence-corrected chi connectivity index (χ1v) is 8.54. The van der Waals surface area contributed by atoms with Crippen LogP contribution in [0.1, 0.15) is 5.56 Å². The Labute approximate surface area is 139 Å². The normalized spacial score (nSPS) is 11.9. The van der Waals surface area contributed by atoms with Crippen LogP contribution in [0.15, 0.2) is 47.4 Å². The van der Waals surface area contributed by atoms with Crippen LogP contribution in [0.4, 0.5) is 0 Å². The lowest BCUT2D eigenvalue weighted by atomic mass is 10.2. The summed E-state index contributed by atoms with van der Waals surface area (Å²) in [5, 5.41) is 0.800. The molecule has 0 aromatic heterocycles. The Hall–Kier alpha value is -0.780. The zero-order valence-corrected chi connectivity index (χ0v) is 14.1. The lowest BCUT2D eigenvalue weighted by Gasteiger charge is -2.19. The molecule has 0 N–H and O–H groups in total. The zero-order valence-electron chi connectivity index (χ0n) is 11.1. The fourth-order valence-electron chi connectivity index (χ4n) is 1.82. The van der Waals surface area contributed by atoms with Crippen molar-refractivity contribution < 1.29 is 8.42 Å². The van der Waals surface area contributed by atoms with Gasteiger partial charge in [0, 0.05) is 18.6 Å². The van der Waals surface area contributed by atoms with Crippen LogP contribution in [0.25, 0.3) is 0 Å². The number of hydrogen-bond acceptors (Lipinski definition) is 2. The summed E-state index contributed by atoms with van der Waals surface area (Å²) in [4.78, 5) is -0.0789. The summed E-state index contributed by atoms with van der Waals surface area (Å²) < 4.78 is 26.3. The van der Waals surface area contributed by atoms with Gasteiger partial charge in [0.1, 0.15) is 4.90 Å². The maximum absolute atomic E-state index is 12.6. The van der Waals surface area contributed by atoms with Crippen LogP contribution < -0.4 is 0 Å². The van der Waals surface area contributed by atoms with E-state index in [2.05, 4.69) is 0 Å². The van der Waals surface area contributed by atoms with Gasteiger partial charge in [0.05, 0.1) is 10.0 Å². The Morgan fingerprint density at radius 3 is 2.00 bits per heavy atom. The third-order valence-corrected chi connectivity index (χ3v) is 5.92. The predicted octanol–water partition coefficient (Wildman–Crippen LogP) is 4.47. The van der Waals surface area contributed by atoms with Crippen molar-refractivity contribution in [2.24, 2.45) is 0 Å². The van der Waals surface area contributed by atoms with Crippen LogP contribution in [-0.4, -0.2) is 19.8 Å². The molecule has 0 atom stereocenters. The SMILES string of the molecule is CN(Cc1ccc(Cl)cc1)S(=O)(=O)c1c(Cl)cccc1Cl. The monoisotopic (exact) mass is 363 g/mol. The van der Waals surface area contributed by atoms with Gasteiger partial charge < -0.3 is 0 Å². The number of halogens is 3. The molecule has 2 aromatic rings. The predicted molar refractivity (Wildman–Crippen MR) is 86.6 cm³/mol. The van der Waals surface area contributed by atoms with E-state index in [1.807, 2.05) is 0 Å². The zero-order chi connectivity index (χ0) is 15.6. The summed E-state index contributed by atoms with van der Waals surface area (Å²) in [5.74, 6) is 0. The van der Waals surface area contributed by atoms with E-state index in [-0.39, 0.29) is 21.5 Å². The first kappa shape index (κ1) is 16.6. The van der Waals surface area contributed by atoms with E-state index in [4.69, 9.17) is 34.8 Å². The second kappa shape index (κ2) is 6.55. The van der Waals surface area contributed by atoms with Gasteiger partial charge in [0.25, 0.3) is 0 Å². The van der Waals surface area contributed by atoms with Crippen molar-refractivity contribution in [2.45, 2.75) is 11.4 Å². The summed E-state index contributed by atoms with van der Waals surface area (Å²) in [5.41, 5.74) is 0.814. The number of benzene rings is 2. The van der Waals surface area contributed by atoms with Gasteiger partial charge >= 0.3 is 0 Å². The third-order valence-electron chi connectivity index (χ3n) is 2.91. The molecule has 0 saturated carbocycles. The lowest BCUT2D eigenvalue weighted by molar-refractivity contribution is 0.467. The van der Waals surface area contributed by atoms with Gasteiger partial charge in [0.15, 0.2) is 0 Å². The molecule has 0 bridgehead atoms. The smallest absolute Gasteiger partial charge is 0.207 e. The lowest BCUT2D eigenvalue weighted by Crippen LogP contribution is -2.27. The molecule has 112 valence electrons. The molecule has 0 fully saturated rings. The fourth-order valence-corrected chi connectivity index (χ4v) is 4.18. The van der Waals surface area contributed by atoms with Gasteiger partial charge in [-0.15, -0.1) is 0 Å². The summed E-state index contributed by atoms with van der Waals surface area (Å²) in [6.07, 6.45) is 0. The van der Waals surface area contributed by atoms with Crippen molar-refractivity contribution in [2.75, 3.05) is 7.05 Å². The Kier molecular flexibility index (Phi) is 5.17. The highest BCUT2D eigenvalue weighted by Gasteiger charge is 2.26. The van der Waals surface area contributed by atoms with Crippen LogP contribution in [0.2, 0.25) is 15.1 Å². The third kappa shape index (κ3) is 3.71. The van der Waals surface area contributed by atoms with Gasteiger partial charge in [-0.2, -0.15) is 4.31 Å². The minimum absolute atomic E-state index is 0.0789. The number of rotatable bonds is 4. The number of nitrogens with zero attached hydrogens (tertiary/aromatic N) is 1. The molecule has 0 radical (unpaired) electrons. The number of sulfonamides is 1. The van der Waals surface area contributed by atoms with Crippen molar-refractivity contribution >= 4 is 44.8 Å². The van der Waals surface area contributed by atoms with Gasteiger partial charge in [-0.3, -0.25) is 0 Å². The minimum atomic E-state index is -3.77. The molecule has 3 nitrogen and oxygen atoms in total. The van der Waals surface area contributed by atoms with Gasteiger partial charge in [-0.05, 0) is 29.8 Å². The molecular formula is C14H12Cl3NO2S. The number of hydrogen-bond donors (Lipinski definition) is 0. The quantitative estimate of drug-likeness (QED) is 0.803. The summed E-state index contributed by atoms with van der Waals surface area (Å²) in [7, 11) is -2.30. The average Bonchev–Trinajstić information content (AvgIpc) is 2.40. The minimum Gasteiger partial charge on any atom is -0.207 e. The first-order chi connectivity index (χ1) is 9.82. The molecule has 0 amide bonds. The van der Waals surface area contributed by atoms with E-state index >= 15 is 0 Å². The van der Waals surface area contributed by atoms with E-state index in [1.54, 1.807) is 30.3 Å². The van der Waals surface area contributed by atoms with E-state index < -0.39 is 10.0 Å². The molecular weight excluding hydrogens is 353 g/mol. The highest BCUT2D eigenvalue weighted by molar-refractivity contribution is 7.89. The van der Waals surface area contributed by atoms with Gasteiger partial charge in [-0.25, -0.2) is 8.42 Å². The molecule has 0 spiro atoms. The summed E-state index contributed by atoms with van der Waals surface area (Å²) in [6.45, 7) is 0.195. The molecule has 0 aliphatic rings. The van der Waals surface area contributed by atoms with Crippen LogP contribution in [0.5, 0.6) is 0 Å². The molecule has 0 aliphatic carbocycles. The molecule has 0 saturated heterocycles. The van der Waals surface area contributed by atoms with E-state index in [1.165, 1.54) is 23.5 Å². The largest absolute Gasteiger partial charge is 0.246 e. The van der Waals surface area contributed by atoms with E-state index in [0.29, 0.717) is 5.02 Å². The van der Waals surface area contributed by atoms with Gasteiger partial charge in [-0.1, -0.05) is 53.0 Å². The van der Waals surface area contributed by atoms with Crippen LogP contribution >= 0.6 is 34.8 Å². The van der Waals surface area contributed by atoms with Crippen molar-refractivity contribution in [3.05, 3.63) is 63.1 Å². The van der Waals surface area contributed by atoms with Crippen molar-refractivity contribution in [1.82, 2.24) is 4.31 Å². The van der Waals surface area contributed by atoms with E-state index in [9.17, 15) is 8.42 Å². The van der Waals surface area contributed by atoms with Crippen LogP contribution in [0.3, 0.4) is 0 Å². The summed E-state index contributed by atoms with van der Waals surface area (Å²) >= 11 is 17.8. The van der Waals surface area contributed by atoms with Crippen molar-refractivity contribution in [1.29, 1.82) is 0 Å². The highest BCUT2D eigenvalue weighted by atomic mass is 35.5. The Bertz CT molecular complexity index is 725. The van der Waals surface area contributed by atoms with Crippen molar-refractivity contribution in [3.8, 4) is 0 Å². The summed E-state index contributed by atoms with van der Waals surface area (Å²) in [6, 6.07) is 11.5. The fraction of sp³-hybridized carbons (Fsp3) is 0.143. The molecule has 0 unspecified atom stereocenters. The van der Waals surface area contributed by atoms with E-state index in [0.717, 1.165) is 5.56 Å². The maximum atomic E-state index is 12.6. The Morgan fingerprint density at radius 1 is 0.952 bits per heavy atom. The molecule has 0 heterocycles. The molecule has 2 rings (SSSR count). The Morgan fingerprint density at radius 2 is 1.48 bits per heavy atom. The second-order valence-corrected chi connectivity index (χ2v) is 7.67. The standard InChI is InChI=1S/C14H12Cl3NO2S/c1-18(9-10-5-7-11(15)8-6-10)21(19,20)14-12(16)3-2-4-13(14)17/h2-8H,9H2,1H3.